The molecule has 0 spiro atoms. The molecule has 0 fully saturated rings. The van der Waals surface area contributed by atoms with Gasteiger partial charge in [0.1, 0.15) is 5.82 Å². The number of hydrogen-bond acceptors (Lipinski definition) is 16. The predicted octanol–water partition coefficient (Wildman–Crippen LogP) is 8.25. The zero-order chi connectivity index (χ0) is 51.3. The highest BCUT2D eigenvalue weighted by Gasteiger charge is 2.05. The van der Waals surface area contributed by atoms with Gasteiger partial charge in [0.05, 0.1) is 35.2 Å². The second-order valence-electron chi connectivity index (χ2n) is 19.1. The normalized spacial score (nSPS) is 10.6. The highest BCUT2D eigenvalue weighted by molar-refractivity contribution is 7.13. The molecule has 0 amide bonds. The first-order valence-electron chi connectivity index (χ1n) is 23.8. The van der Waals surface area contributed by atoms with Crippen molar-refractivity contribution < 1.29 is 0 Å². The lowest BCUT2D eigenvalue weighted by molar-refractivity contribution is 0.581. The molecule has 5 aromatic rings. The van der Waals surface area contributed by atoms with Crippen LogP contribution >= 0.6 is 11.3 Å². The third kappa shape index (κ3) is 30.3. The van der Waals surface area contributed by atoms with Crippen molar-refractivity contribution in [1.82, 2.24) is 56.5 Å². The second kappa shape index (κ2) is 35.2. The highest BCUT2D eigenvalue weighted by atomic mass is 32.1. The average Bonchev–Trinajstić information content (AvgIpc) is 3.98. The van der Waals surface area contributed by atoms with Gasteiger partial charge in [-0.2, -0.15) is 0 Å². The molecule has 0 aliphatic rings. The van der Waals surface area contributed by atoms with E-state index >= 15 is 0 Å². The van der Waals surface area contributed by atoms with Crippen molar-refractivity contribution in [3.8, 4) is 0 Å². The molecule has 5 aromatic heterocycles. The fourth-order valence-corrected chi connectivity index (χ4v) is 6.05. The summed E-state index contributed by atoms with van der Waals surface area (Å²) in [5.41, 5.74) is 8.18. The van der Waals surface area contributed by atoms with Crippen molar-refractivity contribution in [3.63, 3.8) is 0 Å². The number of thiazole rings is 1. The van der Waals surface area contributed by atoms with Crippen LogP contribution in [0, 0.1) is 0 Å². The summed E-state index contributed by atoms with van der Waals surface area (Å²) in [4.78, 5) is 34.8. The van der Waals surface area contributed by atoms with Gasteiger partial charge in [0.15, 0.2) is 5.13 Å². The van der Waals surface area contributed by atoms with Crippen LogP contribution in [-0.2, 0) is 32.7 Å². The molecule has 5 rings (SSSR count). The van der Waals surface area contributed by atoms with E-state index in [0.717, 1.165) is 72.4 Å². The molecule has 5 heterocycles. The molecular formula is C52H96N16S. The zero-order valence-electron chi connectivity index (χ0n) is 45.7. The topological polar surface area (TPSA) is 157 Å². The minimum atomic E-state index is 0. The van der Waals surface area contributed by atoms with Crippen LogP contribution in [-0.4, -0.2) is 131 Å². The fraction of sp³-hybridized carbons (Fsp3) is 0.596. The first kappa shape index (κ1) is 64.1. The molecule has 6 N–H and O–H groups in total. The molecule has 0 radical (unpaired) electrons. The Morgan fingerprint density at radius 1 is 0.493 bits per heavy atom. The lowest BCUT2D eigenvalue weighted by Gasteiger charge is -2.13. The third-order valence-corrected chi connectivity index (χ3v) is 10.4. The van der Waals surface area contributed by atoms with E-state index in [2.05, 4.69) is 159 Å². The summed E-state index contributed by atoms with van der Waals surface area (Å²) in [6.07, 6.45) is 9.35. The molecule has 0 saturated heterocycles. The zero-order valence-corrected chi connectivity index (χ0v) is 46.5. The second-order valence-corrected chi connectivity index (χ2v) is 19.9. The van der Waals surface area contributed by atoms with E-state index in [9.17, 15) is 0 Å². The molecule has 0 unspecified atom stereocenters. The molecule has 0 aromatic carbocycles. The van der Waals surface area contributed by atoms with Crippen molar-refractivity contribution in [2.24, 2.45) is 0 Å². The van der Waals surface area contributed by atoms with E-state index in [1.54, 1.807) is 11.3 Å². The smallest absolute Gasteiger partial charge is 0.202 e. The van der Waals surface area contributed by atoms with Crippen LogP contribution in [0.2, 0.25) is 0 Å². The summed E-state index contributed by atoms with van der Waals surface area (Å²) in [6.45, 7) is 25.7. The Balaban J connectivity index is 0.000000835. The Labute approximate surface area is 423 Å². The number of rotatable bonds is 20. The molecule has 0 atom stereocenters. The number of hydrogen-bond donors (Lipinski definition) is 6. The number of nitrogens with one attached hydrogen (secondary N) is 6. The lowest BCUT2D eigenvalue weighted by Crippen LogP contribution is -2.22. The fourth-order valence-electron chi connectivity index (χ4n) is 5.29. The summed E-state index contributed by atoms with van der Waals surface area (Å²) in [5, 5.41) is 19.9. The van der Waals surface area contributed by atoms with Crippen LogP contribution in [0.3, 0.4) is 0 Å². The van der Waals surface area contributed by atoms with Crippen LogP contribution in [0.1, 0.15) is 105 Å². The standard InChI is InChI=1S/3C11H19N3.C9H18N4.C9H17N3S.CH4/c1-9(2)13-7-10-5-11(14(3)4)8-12-6-10;1-9(2)13-8-10-7-11(14(3)4)5-6-12-10;1-9(2)13-8-10-5-6-12-11(7-10)14(3)4;1-7(2)10-5-8-6-11-9(12-8)13(3)4;1-7(2)10-5-8-6-13-9(11-8)12(3)4;/h5-6,8-9,13H,7H2,1-4H3;2*5-7,9,13H,8H2,1-4H3;6-7,10H,5H2,1-4H3,(H,11,12);6-7,10H,5H2,1-4H3;1H4. The van der Waals surface area contributed by atoms with Gasteiger partial charge in [-0.15, -0.1) is 11.3 Å². The van der Waals surface area contributed by atoms with E-state index < -0.39 is 0 Å². The maximum Gasteiger partial charge on any atom is 0.202 e. The first-order valence-corrected chi connectivity index (χ1v) is 24.7. The molecule has 16 nitrogen and oxygen atoms in total. The van der Waals surface area contributed by atoms with Crippen molar-refractivity contribution in [2.45, 2.75) is 140 Å². The van der Waals surface area contributed by atoms with Crippen molar-refractivity contribution in [2.75, 3.05) is 95.0 Å². The number of anilines is 5. The van der Waals surface area contributed by atoms with Crippen LogP contribution < -0.4 is 51.1 Å². The Morgan fingerprint density at radius 3 is 1.51 bits per heavy atom. The van der Waals surface area contributed by atoms with Gasteiger partial charge < -0.3 is 56.1 Å². The van der Waals surface area contributed by atoms with Gasteiger partial charge in [0.25, 0.3) is 0 Å². The molecule has 17 heteroatoms. The quantitative estimate of drug-likeness (QED) is 0.0443. The number of pyridine rings is 3. The highest BCUT2D eigenvalue weighted by Crippen LogP contribution is 2.18. The van der Waals surface area contributed by atoms with Crippen molar-refractivity contribution in [3.05, 3.63) is 94.9 Å². The van der Waals surface area contributed by atoms with Crippen LogP contribution in [0.25, 0.3) is 0 Å². The number of nitrogens with zero attached hydrogens (tertiary/aromatic N) is 10. The average molecular weight is 978 g/mol. The molecule has 0 aliphatic carbocycles. The molecule has 0 saturated carbocycles. The minimum absolute atomic E-state index is 0. The number of aromatic amines is 1. The van der Waals surface area contributed by atoms with Gasteiger partial charge in [0.2, 0.25) is 5.95 Å². The summed E-state index contributed by atoms with van der Waals surface area (Å²) >= 11 is 1.68. The van der Waals surface area contributed by atoms with Crippen LogP contribution in [0.5, 0.6) is 0 Å². The maximum atomic E-state index is 4.46. The van der Waals surface area contributed by atoms with Crippen molar-refractivity contribution in [1.29, 1.82) is 0 Å². The summed E-state index contributed by atoms with van der Waals surface area (Å²) in [7, 11) is 20.1. The first-order chi connectivity index (χ1) is 32.0. The van der Waals surface area contributed by atoms with E-state index in [4.69, 9.17) is 0 Å². The molecule has 69 heavy (non-hydrogen) atoms. The maximum absolute atomic E-state index is 4.46. The molecule has 390 valence electrons. The van der Waals surface area contributed by atoms with E-state index in [0.29, 0.717) is 30.2 Å². The van der Waals surface area contributed by atoms with Gasteiger partial charge in [0, 0.05) is 163 Å². The Bertz CT molecular complexity index is 1830. The van der Waals surface area contributed by atoms with Gasteiger partial charge in [-0.3, -0.25) is 9.97 Å². The van der Waals surface area contributed by atoms with Crippen molar-refractivity contribution >= 4 is 39.6 Å². The van der Waals surface area contributed by atoms with Gasteiger partial charge in [-0.1, -0.05) is 76.7 Å². The number of aromatic nitrogens is 6. The van der Waals surface area contributed by atoms with E-state index in [1.165, 1.54) is 16.8 Å². The molecule has 0 bridgehead atoms. The molecular weight excluding hydrogens is 881 g/mol. The largest absolute Gasteiger partial charge is 0.378 e. The van der Waals surface area contributed by atoms with Crippen LogP contribution in [0.15, 0.2) is 66.7 Å². The van der Waals surface area contributed by atoms with Crippen LogP contribution in [0.4, 0.5) is 28.3 Å². The van der Waals surface area contributed by atoms with E-state index in [1.807, 2.05) is 128 Å². The Hall–Kier alpha value is -4.91. The number of imidazole rings is 1. The number of H-pyrrole nitrogens is 1. The Kier molecular flexibility index (Phi) is 32.7. The Morgan fingerprint density at radius 2 is 1.01 bits per heavy atom. The van der Waals surface area contributed by atoms with Gasteiger partial charge in [-0.05, 0) is 41.5 Å². The lowest BCUT2D eigenvalue weighted by atomic mass is 10.2. The van der Waals surface area contributed by atoms with E-state index in [-0.39, 0.29) is 7.43 Å². The third-order valence-electron chi connectivity index (χ3n) is 9.35. The SMILES string of the molecule is C.CC(C)NCc1cc(N(C)C)ccn1.CC(C)NCc1ccnc(N(C)C)c1.CC(C)NCc1cnc(N(C)C)[nH]1.CC(C)NCc1cncc(N(C)C)c1.CC(C)NCc1csc(N(C)C)n1. The minimum Gasteiger partial charge on any atom is -0.378 e. The van der Waals surface area contributed by atoms with Gasteiger partial charge in [-0.25, -0.2) is 15.0 Å². The van der Waals surface area contributed by atoms with Gasteiger partial charge >= 0.3 is 0 Å². The summed E-state index contributed by atoms with van der Waals surface area (Å²) in [5.74, 6) is 1.91. The summed E-state index contributed by atoms with van der Waals surface area (Å²) < 4.78 is 0. The summed E-state index contributed by atoms with van der Waals surface area (Å²) in [6, 6.07) is 13.0. The monoisotopic (exact) mass is 977 g/mol. The predicted molar refractivity (Wildman–Crippen MR) is 302 cm³/mol. The molecule has 0 aliphatic heterocycles.